The first-order valence-electron chi connectivity index (χ1n) is 6.76. The molecule has 1 aliphatic rings. The molecule has 2 unspecified atom stereocenters. The molecule has 1 aromatic carbocycles. The molecule has 0 aromatic heterocycles. The highest BCUT2D eigenvalue weighted by molar-refractivity contribution is 5.31. The first-order valence-corrected chi connectivity index (χ1v) is 6.76. The molecule has 0 spiro atoms. The summed E-state index contributed by atoms with van der Waals surface area (Å²) in [6.45, 7) is 1.65. The van der Waals surface area contributed by atoms with Crippen LogP contribution in [0.4, 0.5) is 0 Å². The van der Waals surface area contributed by atoms with Gasteiger partial charge in [0.05, 0.1) is 11.6 Å². The topological polar surface area (TPSA) is 61.8 Å². The van der Waals surface area contributed by atoms with Crippen LogP contribution in [-0.4, -0.2) is 12.6 Å². The zero-order valence-corrected chi connectivity index (χ0v) is 10.7. The largest absolute Gasteiger partial charge is 0.330 e. The Labute approximate surface area is 109 Å². The molecule has 0 amide bonds. The summed E-state index contributed by atoms with van der Waals surface area (Å²) in [6, 6.07) is 10.5. The number of nitriles is 1. The van der Waals surface area contributed by atoms with Gasteiger partial charge in [-0.15, -0.1) is 0 Å². The second-order valence-corrected chi connectivity index (χ2v) is 5.08. The van der Waals surface area contributed by atoms with Crippen molar-refractivity contribution in [3.8, 4) is 6.07 Å². The van der Waals surface area contributed by atoms with Gasteiger partial charge in [0.1, 0.15) is 0 Å². The molecule has 0 bridgehead atoms. The van der Waals surface area contributed by atoms with Crippen LogP contribution in [0, 0.1) is 17.2 Å². The second-order valence-electron chi connectivity index (χ2n) is 5.08. The molecule has 1 aliphatic carbocycles. The molecule has 3 nitrogen and oxygen atoms in total. The summed E-state index contributed by atoms with van der Waals surface area (Å²) in [5, 5.41) is 12.4. The van der Waals surface area contributed by atoms with Crippen LogP contribution >= 0.6 is 0 Å². The summed E-state index contributed by atoms with van der Waals surface area (Å²) in [6.07, 6.45) is 5.11. The molecule has 2 rings (SSSR count). The third-order valence-electron chi connectivity index (χ3n) is 3.86. The van der Waals surface area contributed by atoms with Crippen LogP contribution < -0.4 is 11.1 Å². The molecule has 3 N–H and O–H groups in total. The van der Waals surface area contributed by atoms with E-state index in [4.69, 9.17) is 11.0 Å². The van der Waals surface area contributed by atoms with E-state index in [1.54, 1.807) is 0 Å². The van der Waals surface area contributed by atoms with Gasteiger partial charge in [0.2, 0.25) is 0 Å². The van der Waals surface area contributed by atoms with Gasteiger partial charge in [-0.3, -0.25) is 0 Å². The van der Waals surface area contributed by atoms with Gasteiger partial charge in [-0.05, 0) is 43.0 Å². The molecule has 1 aromatic rings. The summed E-state index contributed by atoms with van der Waals surface area (Å²) in [7, 11) is 0. The van der Waals surface area contributed by atoms with E-state index < -0.39 is 0 Å². The monoisotopic (exact) mass is 243 g/mol. The highest BCUT2D eigenvalue weighted by Gasteiger charge is 2.22. The van der Waals surface area contributed by atoms with Crippen molar-refractivity contribution < 1.29 is 0 Å². The summed E-state index contributed by atoms with van der Waals surface area (Å²) < 4.78 is 0. The maximum atomic E-state index is 8.75. The van der Waals surface area contributed by atoms with E-state index in [1.807, 2.05) is 24.3 Å². The maximum Gasteiger partial charge on any atom is 0.0991 e. The minimum Gasteiger partial charge on any atom is -0.330 e. The third-order valence-corrected chi connectivity index (χ3v) is 3.86. The number of nitrogens with two attached hydrogens (primary N) is 1. The molecule has 0 radical (unpaired) electrons. The number of nitrogens with one attached hydrogen (secondary N) is 1. The van der Waals surface area contributed by atoms with Crippen LogP contribution in [0.25, 0.3) is 0 Å². The van der Waals surface area contributed by atoms with Crippen molar-refractivity contribution in [3.05, 3.63) is 35.4 Å². The average Bonchev–Trinajstić information content (AvgIpc) is 2.46. The Morgan fingerprint density at radius 2 is 1.94 bits per heavy atom. The van der Waals surface area contributed by atoms with Crippen molar-refractivity contribution in [1.82, 2.24) is 5.32 Å². The summed E-state index contributed by atoms with van der Waals surface area (Å²) in [5.41, 5.74) is 7.77. The van der Waals surface area contributed by atoms with Crippen LogP contribution in [0.2, 0.25) is 0 Å². The maximum absolute atomic E-state index is 8.75. The molecule has 0 aliphatic heterocycles. The van der Waals surface area contributed by atoms with E-state index >= 15 is 0 Å². The fourth-order valence-corrected chi connectivity index (χ4v) is 2.70. The summed E-state index contributed by atoms with van der Waals surface area (Å²) >= 11 is 0. The van der Waals surface area contributed by atoms with Crippen molar-refractivity contribution in [1.29, 1.82) is 5.26 Å². The minimum atomic E-state index is 0.555. The lowest BCUT2D eigenvalue weighted by atomic mass is 9.84. The fourth-order valence-electron chi connectivity index (χ4n) is 2.70. The van der Waals surface area contributed by atoms with Gasteiger partial charge in [-0.25, -0.2) is 0 Å². The van der Waals surface area contributed by atoms with Crippen LogP contribution in [0.1, 0.15) is 36.8 Å². The Bertz CT molecular complexity index is 405. The Morgan fingerprint density at radius 3 is 2.61 bits per heavy atom. The number of hydrogen-bond donors (Lipinski definition) is 2. The standard InChI is InChI=1S/C15H21N3/c16-9-12-5-7-13(8-6-12)11-18-15-4-2-1-3-14(15)10-17/h5-8,14-15,18H,1-4,10-11,17H2. The van der Waals surface area contributed by atoms with E-state index in [1.165, 1.54) is 31.2 Å². The first-order chi connectivity index (χ1) is 8.83. The Morgan fingerprint density at radius 1 is 1.22 bits per heavy atom. The molecular formula is C15H21N3. The van der Waals surface area contributed by atoms with Crippen molar-refractivity contribution in [2.45, 2.75) is 38.3 Å². The average molecular weight is 243 g/mol. The van der Waals surface area contributed by atoms with Gasteiger partial charge >= 0.3 is 0 Å². The van der Waals surface area contributed by atoms with E-state index in [9.17, 15) is 0 Å². The molecule has 1 saturated carbocycles. The van der Waals surface area contributed by atoms with Crippen molar-refractivity contribution >= 4 is 0 Å². The molecule has 18 heavy (non-hydrogen) atoms. The van der Waals surface area contributed by atoms with Crippen LogP contribution in [0.5, 0.6) is 0 Å². The number of nitrogens with zero attached hydrogens (tertiary/aromatic N) is 1. The molecule has 0 heterocycles. The van der Waals surface area contributed by atoms with E-state index in [-0.39, 0.29) is 0 Å². The molecule has 0 saturated heterocycles. The lowest BCUT2D eigenvalue weighted by Crippen LogP contribution is -2.41. The molecule has 2 atom stereocenters. The van der Waals surface area contributed by atoms with Crippen molar-refractivity contribution in [3.63, 3.8) is 0 Å². The molecule has 1 fully saturated rings. The predicted molar refractivity (Wildman–Crippen MR) is 72.8 cm³/mol. The lowest BCUT2D eigenvalue weighted by molar-refractivity contribution is 0.267. The van der Waals surface area contributed by atoms with E-state index in [0.29, 0.717) is 12.0 Å². The Kier molecular flexibility index (Phi) is 4.74. The fraction of sp³-hybridized carbons (Fsp3) is 0.533. The van der Waals surface area contributed by atoms with Crippen LogP contribution in [-0.2, 0) is 6.54 Å². The SMILES string of the molecule is N#Cc1ccc(CNC2CCCCC2CN)cc1. The molecule has 3 heteroatoms. The second kappa shape index (κ2) is 6.53. The van der Waals surface area contributed by atoms with Gasteiger partial charge in [-0.1, -0.05) is 25.0 Å². The Hall–Kier alpha value is -1.37. The molecule has 96 valence electrons. The third kappa shape index (κ3) is 3.32. The number of hydrogen-bond acceptors (Lipinski definition) is 3. The Balaban J connectivity index is 1.87. The van der Waals surface area contributed by atoms with Gasteiger partial charge in [0, 0.05) is 12.6 Å². The minimum absolute atomic E-state index is 0.555. The van der Waals surface area contributed by atoms with Crippen LogP contribution in [0.3, 0.4) is 0 Å². The highest BCUT2D eigenvalue weighted by Crippen LogP contribution is 2.23. The van der Waals surface area contributed by atoms with E-state index in [2.05, 4.69) is 11.4 Å². The number of benzene rings is 1. The zero-order chi connectivity index (χ0) is 12.8. The summed E-state index contributed by atoms with van der Waals surface area (Å²) in [4.78, 5) is 0. The zero-order valence-electron chi connectivity index (χ0n) is 10.7. The van der Waals surface area contributed by atoms with Crippen molar-refractivity contribution in [2.75, 3.05) is 6.54 Å². The first kappa shape index (κ1) is 13.1. The van der Waals surface area contributed by atoms with Gasteiger partial charge in [-0.2, -0.15) is 5.26 Å². The lowest BCUT2D eigenvalue weighted by Gasteiger charge is -2.31. The van der Waals surface area contributed by atoms with Gasteiger partial charge in [0.25, 0.3) is 0 Å². The van der Waals surface area contributed by atoms with Crippen molar-refractivity contribution in [2.24, 2.45) is 11.7 Å². The number of rotatable bonds is 4. The van der Waals surface area contributed by atoms with Gasteiger partial charge < -0.3 is 11.1 Å². The normalized spacial score (nSPS) is 23.6. The van der Waals surface area contributed by atoms with E-state index in [0.717, 1.165) is 18.7 Å². The molecular weight excluding hydrogens is 222 g/mol. The quantitative estimate of drug-likeness (QED) is 0.852. The highest BCUT2D eigenvalue weighted by atomic mass is 14.9. The predicted octanol–water partition coefficient (Wildman–Crippen LogP) is 2.17. The van der Waals surface area contributed by atoms with Gasteiger partial charge in [0.15, 0.2) is 0 Å². The van der Waals surface area contributed by atoms with Crippen LogP contribution in [0.15, 0.2) is 24.3 Å². The smallest absolute Gasteiger partial charge is 0.0991 e. The summed E-state index contributed by atoms with van der Waals surface area (Å²) in [5.74, 6) is 0.622.